The van der Waals surface area contributed by atoms with Crippen LogP contribution in [0.4, 0.5) is 5.69 Å². The van der Waals surface area contributed by atoms with Crippen LogP contribution in [0.1, 0.15) is 11.6 Å². The maximum Gasteiger partial charge on any atom is 0.0695 e. The summed E-state index contributed by atoms with van der Waals surface area (Å²) >= 11 is 1.75. The van der Waals surface area contributed by atoms with Gasteiger partial charge in [-0.2, -0.15) is 0 Å². The molecule has 0 aromatic heterocycles. The first-order chi connectivity index (χ1) is 8.83. The topological polar surface area (TPSA) is 12.0 Å². The third kappa shape index (κ3) is 3.17. The van der Waals surface area contributed by atoms with Crippen LogP contribution in [0.25, 0.3) is 0 Å². The monoisotopic (exact) mass is 255 g/mol. The van der Waals surface area contributed by atoms with Crippen LogP contribution in [0.5, 0.6) is 0 Å². The summed E-state index contributed by atoms with van der Waals surface area (Å²) in [6, 6.07) is 18.9. The third-order valence-corrected chi connectivity index (χ3v) is 3.55. The number of rotatable bonds is 5. The highest BCUT2D eigenvalue weighted by Crippen LogP contribution is 2.22. The summed E-state index contributed by atoms with van der Waals surface area (Å²) in [5, 5.41) is 3.47. The number of benzene rings is 2. The third-order valence-electron chi connectivity index (χ3n) is 2.81. The molecular weight excluding hydrogens is 238 g/mol. The Morgan fingerprint density at radius 1 is 1.06 bits per heavy atom. The van der Waals surface area contributed by atoms with Gasteiger partial charge >= 0.3 is 0 Å². The highest BCUT2D eigenvalue weighted by Gasteiger charge is 2.06. The van der Waals surface area contributed by atoms with Crippen molar-refractivity contribution in [3.8, 4) is 0 Å². The lowest BCUT2D eigenvalue weighted by atomic mass is 10.1. The van der Waals surface area contributed by atoms with Gasteiger partial charge in [-0.05, 0) is 36.1 Å². The van der Waals surface area contributed by atoms with Gasteiger partial charge in [0.1, 0.15) is 0 Å². The van der Waals surface area contributed by atoms with E-state index in [1.54, 1.807) is 11.8 Å². The minimum absolute atomic E-state index is 0.145. The second-order valence-electron chi connectivity index (χ2n) is 4.00. The van der Waals surface area contributed by atoms with E-state index in [-0.39, 0.29) is 6.04 Å². The van der Waals surface area contributed by atoms with Crippen LogP contribution in [0, 0.1) is 0 Å². The molecule has 92 valence electrons. The molecule has 0 heterocycles. The average Bonchev–Trinajstić information content (AvgIpc) is 2.46. The molecule has 0 aliphatic rings. The molecule has 0 radical (unpaired) electrons. The molecule has 2 aromatic rings. The van der Waals surface area contributed by atoms with Gasteiger partial charge in [0, 0.05) is 10.6 Å². The Balaban J connectivity index is 2.13. The number of anilines is 1. The minimum atomic E-state index is 0.145. The normalized spacial score (nSPS) is 11.8. The zero-order valence-electron chi connectivity index (χ0n) is 10.5. The van der Waals surface area contributed by atoms with Crippen LogP contribution in [0.3, 0.4) is 0 Å². The van der Waals surface area contributed by atoms with Gasteiger partial charge in [-0.25, -0.2) is 0 Å². The van der Waals surface area contributed by atoms with Crippen molar-refractivity contribution in [2.75, 3.05) is 11.6 Å². The number of hydrogen-bond donors (Lipinski definition) is 1. The van der Waals surface area contributed by atoms with E-state index < -0.39 is 0 Å². The highest BCUT2D eigenvalue weighted by molar-refractivity contribution is 7.98. The molecule has 1 N–H and O–H groups in total. The van der Waals surface area contributed by atoms with Crippen molar-refractivity contribution in [1.29, 1.82) is 0 Å². The second kappa shape index (κ2) is 6.31. The number of nitrogens with one attached hydrogen (secondary N) is 1. The lowest BCUT2D eigenvalue weighted by Gasteiger charge is -2.16. The first-order valence-corrected chi connectivity index (χ1v) is 7.14. The summed E-state index contributed by atoms with van der Waals surface area (Å²) in [4.78, 5) is 1.27. The molecule has 0 spiro atoms. The fraction of sp³-hybridized carbons (Fsp3) is 0.125. The zero-order valence-corrected chi connectivity index (χ0v) is 11.3. The molecule has 1 atom stereocenters. The van der Waals surface area contributed by atoms with Crippen molar-refractivity contribution in [3.05, 3.63) is 72.8 Å². The van der Waals surface area contributed by atoms with E-state index in [0.717, 1.165) is 5.69 Å². The molecule has 0 aliphatic heterocycles. The van der Waals surface area contributed by atoms with Crippen molar-refractivity contribution in [1.82, 2.24) is 0 Å². The summed E-state index contributed by atoms with van der Waals surface area (Å²) in [6.07, 6.45) is 4.01. The van der Waals surface area contributed by atoms with Crippen molar-refractivity contribution < 1.29 is 0 Å². The minimum Gasteiger partial charge on any atom is -0.375 e. The Bertz CT molecular complexity index is 490. The zero-order chi connectivity index (χ0) is 12.8. The SMILES string of the molecule is C=CC(Nc1ccc(SC)cc1)c1ccccc1. The predicted molar refractivity (Wildman–Crippen MR) is 81.2 cm³/mol. The van der Waals surface area contributed by atoms with E-state index in [1.165, 1.54) is 10.5 Å². The first-order valence-electron chi connectivity index (χ1n) is 5.91. The van der Waals surface area contributed by atoms with E-state index in [2.05, 4.69) is 54.5 Å². The second-order valence-corrected chi connectivity index (χ2v) is 4.88. The molecule has 2 heteroatoms. The first kappa shape index (κ1) is 12.8. The van der Waals surface area contributed by atoms with Gasteiger partial charge in [0.25, 0.3) is 0 Å². The standard InChI is InChI=1S/C16H17NS/c1-3-16(13-7-5-4-6-8-13)17-14-9-11-15(18-2)12-10-14/h3-12,16-17H,1H2,2H3. The Hall–Kier alpha value is -1.67. The fourth-order valence-electron chi connectivity index (χ4n) is 1.81. The molecular formula is C16H17NS. The van der Waals surface area contributed by atoms with Crippen LogP contribution in [-0.4, -0.2) is 6.26 Å². The van der Waals surface area contributed by atoms with Gasteiger partial charge in [-0.3, -0.25) is 0 Å². The molecule has 2 rings (SSSR count). The lowest BCUT2D eigenvalue weighted by molar-refractivity contribution is 0.987. The van der Waals surface area contributed by atoms with Gasteiger partial charge < -0.3 is 5.32 Å². The Morgan fingerprint density at radius 2 is 1.72 bits per heavy atom. The van der Waals surface area contributed by atoms with E-state index >= 15 is 0 Å². The van der Waals surface area contributed by atoms with Crippen LogP contribution in [-0.2, 0) is 0 Å². The van der Waals surface area contributed by atoms with E-state index in [0.29, 0.717) is 0 Å². The molecule has 18 heavy (non-hydrogen) atoms. The Labute approximate surface area is 113 Å². The fourth-order valence-corrected chi connectivity index (χ4v) is 2.21. The summed E-state index contributed by atoms with van der Waals surface area (Å²) in [5.74, 6) is 0. The van der Waals surface area contributed by atoms with Crippen molar-refractivity contribution >= 4 is 17.4 Å². The van der Waals surface area contributed by atoms with Crippen LogP contribution in [0.2, 0.25) is 0 Å². The maximum absolute atomic E-state index is 3.90. The molecule has 0 saturated carbocycles. The molecule has 0 aliphatic carbocycles. The quantitative estimate of drug-likeness (QED) is 0.611. The molecule has 0 amide bonds. The average molecular weight is 255 g/mol. The highest BCUT2D eigenvalue weighted by atomic mass is 32.2. The van der Waals surface area contributed by atoms with Gasteiger partial charge in [-0.1, -0.05) is 36.4 Å². The Morgan fingerprint density at radius 3 is 2.28 bits per heavy atom. The molecule has 1 unspecified atom stereocenters. The van der Waals surface area contributed by atoms with E-state index in [4.69, 9.17) is 0 Å². The van der Waals surface area contributed by atoms with Crippen molar-refractivity contribution in [2.45, 2.75) is 10.9 Å². The molecule has 0 bridgehead atoms. The van der Waals surface area contributed by atoms with Crippen LogP contribution >= 0.6 is 11.8 Å². The summed E-state index contributed by atoms with van der Waals surface area (Å²) in [7, 11) is 0. The van der Waals surface area contributed by atoms with Crippen molar-refractivity contribution in [3.63, 3.8) is 0 Å². The predicted octanol–water partition coefficient (Wildman–Crippen LogP) is 4.75. The van der Waals surface area contributed by atoms with Gasteiger partial charge in [0.05, 0.1) is 6.04 Å². The van der Waals surface area contributed by atoms with Crippen molar-refractivity contribution in [2.24, 2.45) is 0 Å². The van der Waals surface area contributed by atoms with E-state index in [1.807, 2.05) is 24.3 Å². The number of thioether (sulfide) groups is 1. The maximum atomic E-state index is 3.90. The number of hydrogen-bond acceptors (Lipinski definition) is 2. The van der Waals surface area contributed by atoms with Gasteiger partial charge in [-0.15, -0.1) is 18.3 Å². The van der Waals surface area contributed by atoms with E-state index in [9.17, 15) is 0 Å². The van der Waals surface area contributed by atoms with Crippen LogP contribution < -0.4 is 5.32 Å². The lowest BCUT2D eigenvalue weighted by Crippen LogP contribution is -2.07. The molecule has 1 nitrogen and oxygen atoms in total. The van der Waals surface area contributed by atoms with Gasteiger partial charge in [0.2, 0.25) is 0 Å². The van der Waals surface area contributed by atoms with Crippen LogP contribution in [0.15, 0.2) is 72.1 Å². The molecule has 2 aromatic carbocycles. The summed E-state index contributed by atoms with van der Waals surface area (Å²) in [5.41, 5.74) is 2.34. The van der Waals surface area contributed by atoms with Gasteiger partial charge in [0.15, 0.2) is 0 Å². The largest absolute Gasteiger partial charge is 0.375 e. The summed E-state index contributed by atoms with van der Waals surface area (Å²) < 4.78 is 0. The smallest absolute Gasteiger partial charge is 0.0695 e. The molecule has 0 saturated heterocycles. The Kier molecular flexibility index (Phi) is 4.48. The summed E-state index contributed by atoms with van der Waals surface area (Å²) in [6.45, 7) is 3.90. The molecule has 0 fully saturated rings.